The molecule has 1 saturated heterocycles. The van der Waals surface area contributed by atoms with E-state index in [1.54, 1.807) is 12.3 Å². The highest BCUT2D eigenvalue weighted by atomic mass is 35.5. The fraction of sp³-hybridized carbons (Fsp3) is 0.389. The average molecular weight is 333 g/mol. The Kier molecular flexibility index (Phi) is 4.74. The van der Waals surface area contributed by atoms with Crippen molar-refractivity contribution in [2.24, 2.45) is 11.8 Å². The standard InChI is InChI=1S/C18H20N2O2.ClH/c21-15-7-13(9-20-11-15)16-3-1-2-4-17(16)22-18-6-12-5-14(18)10-19-8-12;/h1-4,7,9,11-12,14,18-19,21H,5-6,8,10H2;1H/t12-,14-,18+;/m1./s1. The molecule has 3 atom stereocenters. The van der Waals surface area contributed by atoms with Gasteiger partial charge in [0.2, 0.25) is 0 Å². The van der Waals surface area contributed by atoms with Gasteiger partial charge < -0.3 is 15.2 Å². The summed E-state index contributed by atoms with van der Waals surface area (Å²) in [6, 6.07) is 9.74. The quantitative estimate of drug-likeness (QED) is 0.906. The smallest absolute Gasteiger partial charge is 0.134 e. The Morgan fingerprint density at radius 3 is 2.83 bits per heavy atom. The van der Waals surface area contributed by atoms with Crippen molar-refractivity contribution in [3.05, 3.63) is 42.7 Å². The third kappa shape index (κ3) is 3.28. The van der Waals surface area contributed by atoms with Crippen molar-refractivity contribution < 1.29 is 9.84 Å². The molecule has 0 spiro atoms. The molecule has 2 aliphatic rings. The van der Waals surface area contributed by atoms with Crippen LogP contribution in [-0.4, -0.2) is 29.3 Å². The van der Waals surface area contributed by atoms with Crippen LogP contribution in [0.5, 0.6) is 11.5 Å². The first-order chi connectivity index (χ1) is 10.8. The molecular weight excluding hydrogens is 312 g/mol. The van der Waals surface area contributed by atoms with Gasteiger partial charge in [0.25, 0.3) is 0 Å². The molecule has 4 rings (SSSR count). The lowest BCUT2D eigenvalue weighted by Crippen LogP contribution is -2.34. The minimum atomic E-state index is 0. The van der Waals surface area contributed by atoms with Crippen molar-refractivity contribution in [2.75, 3.05) is 13.1 Å². The number of ether oxygens (including phenoxy) is 1. The average Bonchev–Trinajstić information content (AvgIpc) is 2.81. The van der Waals surface area contributed by atoms with Gasteiger partial charge in [-0.25, -0.2) is 0 Å². The summed E-state index contributed by atoms with van der Waals surface area (Å²) in [5, 5.41) is 13.2. The molecule has 2 heterocycles. The minimum absolute atomic E-state index is 0. The number of hydrogen-bond acceptors (Lipinski definition) is 4. The molecule has 1 saturated carbocycles. The van der Waals surface area contributed by atoms with Gasteiger partial charge in [-0.1, -0.05) is 18.2 Å². The maximum Gasteiger partial charge on any atom is 0.134 e. The predicted octanol–water partition coefficient (Wildman–Crippen LogP) is 3.25. The number of benzene rings is 1. The second-order valence-corrected chi connectivity index (χ2v) is 6.34. The van der Waals surface area contributed by atoms with Crippen LogP contribution >= 0.6 is 12.4 Å². The van der Waals surface area contributed by atoms with Gasteiger partial charge in [-0.05, 0) is 37.4 Å². The van der Waals surface area contributed by atoms with Crippen LogP contribution < -0.4 is 10.1 Å². The van der Waals surface area contributed by atoms with Gasteiger partial charge in [0, 0.05) is 29.8 Å². The van der Waals surface area contributed by atoms with E-state index in [-0.39, 0.29) is 24.3 Å². The summed E-state index contributed by atoms with van der Waals surface area (Å²) in [6.07, 6.45) is 5.89. The normalized spacial score (nSPS) is 25.7. The first kappa shape index (κ1) is 16.1. The molecule has 122 valence electrons. The molecule has 2 aromatic rings. The van der Waals surface area contributed by atoms with Gasteiger partial charge in [0.15, 0.2) is 0 Å². The van der Waals surface area contributed by atoms with Gasteiger partial charge in [-0.3, -0.25) is 4.98 Å². The van der Waals surface area contributed by atoms with Crippen LogP contribution in [0.2, 0.25) is 0 Å². The summed E-state index contributed by atoms with van der Waals surface area (Å²) in [5.74, 6) is 2.41. The topological polar surface area (TPSA) is 54.4 Å². The van der Waals surface area contributed by atoms with Crippen molar-refractivity contribution in [3.63, 3.8) is 0 Å². The molecule has 0 unspecified atom stereocenters. The maximum atomic E-state index is 9.66. The molecule has 5 heteroatoms. The second kappa shape index (κ2) is 6.77. The number of pyridine rings is 1. The van der Waals surface area contributed by atoms with Crippen LogP contribution in [0.1, 0.15) is 12.8 Å². The lowest BCUT2D eigenvalue weighted by atomic mass is 10.0. The van der Waals surface area contributed by atoms with E-state index in [2.05, 4.69) is 10.3 Å². The van der Waals surface area contributed by atoms with Crippen LogP contribution in [-0.2, 0) is 0 Å². The second-order valence-electron chi connectivity index (χ2n) is 6.34. The monoisotopic (exact) mass is 332 g/mol. The number of nitrogens with zero attached hydrogens (tertiary/aromatic N) is 1. The maximum absolute atomic E-state index is 9.66. The zero-order valence-electron chi connectivity index (χ0n) is 12.8. The third-order valence-corrected chi connectivity index (χ3v) is 4.77. The zero-order chi connectivity index (χ0) is 14.9. The Hall–Kier alpha value is -1.78. The number of fused-ring (bicyclic) bond motifs is 2. The summed E-state index contributed by atoms with van der Waals surface area (Å²) in [4.78, 5) is 4.07. The summed E-state index contributed by atoms with van der Waals surface area (Å²) >= 11 is 0. The van der Waals surface area contributed by atoms with Gasteiger partial charge in [-0.2, -0.15) is 0 Å². The van der Waals surface area contributed by atoms with Crippen LogP contribution in [0, 0.1) is 11.8 Å². The summed E-state index contributed by atoms with van der Waals surface area (Å²) in [6.45, 7) is 2.17. The molecule has 1 aromatic carbocycles. The first-order valence-corrected chi connectivity index (χ1v) is 7.90. The lowest BCUT2D eigenvalue weighted by molar-refractivity contribution is 0.161. The van der Waals surface area contributed by atoms with Gasteiger partial charge >= 0.3 is 0 Å². The number of piperidine rings is 1. The van der Waals surface area contributed by atoms with E-state index < -0.39 is 0 Å². The molecular formula is C18H21ClN2O2. The van der Waals surface area contributed by atoms with Gasteiger partial charge in [0.05, 0.1) is 6.20 Å². The molecule has 1 aliphatic carbocycles. The molecule has 4 nitrogen and oxygen atoms in total. The van der Waals surface area contributed by atoms with Crippen LogP contribution in [0.15, 0.2) is 42.7 Å². The zero-order valence-corrected chi connectivity index (χ0v) is 13.6. The van der Waals surface area contributed by atoms with Crippen molar-refractivity contribution >= 4 is 12.4 Å². The molecule has 1 aliphatic heterocycles. The van der Waals surface area contributed by atoms with Crippen molar-refractivity contribution in [3.8, 4) is 22.6 Å². The molecule has 1 aromatic heterocycles. The largest absolute Gasteiger partial charge is 0.506 e. The number of halogens is 1. The molecule has 2 fully saturated rings. The summed E-state index contributed by atoms with van der Waals surface area (Å²) < 4.78 is 6.37. The summed E-state index contributed by atoms with van der Waals surface area (Å²) in [7, 11) is 0. The molecule has 2 bridgehead atoms. The van der Waals surface area contributed by atoms with Crippen LogP contribution in [0.25, 0.3) is 11.1 Å². The number of aromatic nitrogens is 1. The van der Waals surface area contributed by atoms with Crippen molar-refractivity contribution in [1.29, 1.82) is 0 Å². The summed E-state index contributed by atoms with van der Waals surface area (Å²) in [5.41, 5.74) is 1.87. The number of hydrogen-bond donors (Lipinski definition) is 2. The van der Waals surface area contributed by atoms with E-state index in [0.29, 0.717) is 5.92 Å². The number of rotatable bonds is 3. The SMILES string of the molecule is Cl.Oc1cncc(-c2ccccc2O[C@H]2C[C@@H]3CNC[C@H]2C3)c1. The van der Waals surface area contributed by atoms with Crippen molar-refractivity contribution in [1.82, 2.24) is 10.3 Å². The van der Waals surface area contributed by atoms with E-state index in [9.17, 15) is 5.11 Å². The Morgan fingerprint density at radius 1 is 1.13 bits per heavy atom. The molecule has 0 radical (unpaired) electrons. The fourth-order valence-electron chi connectivity index (χ4n) is 3.74. The first-order valence-electron chi connectivity index (χ1n) is 7.90. The van der Waals surface area contributed by atoms with Crippen molar-refractivity contribution in [2.45, 2.75) is 18.9 Å². The minimum Gasteiger partial charge on any atom is -0.506 e. The third-order valence-electron chi connectivity index (χ3n) is 4.77. The number of para-hydroxylation sites is 1. The number of aromatic hydroxyl groups is 1. The van der Waals surface area contributed by atoms with E-state index in [4.69, 9.17) is 4.74 Å². The predicted molar refractivity (Wildman–Crippen MR) is 92.1 cm³/mol. The lowest BCUT2D eigenvalue weighted by Gasteiger charge is -2.23. The molecule has 23 heavy (non-hydrogen) atoms. The molecule has 0 amide bonds. The van der Waals surface area contributed by atoms with Gasteiger partial charge in [0.1, 0.15) is 17.6 Å². The highest BCUT2D eigenvalue weighted by Gasteiger charge is 2.38. The molecule has 2 N–H and O–H groups in total. The van der Waals surface area contributed by atoms with E-state index >= 15 is 0 Å². The Labute approximate surface area is 142 Å². The highest BCUT2D eigenvalue weighted by molar-refractivity contribution is 5.85. The highest BCUT2D eigenvalue weighted by Crippen LogP contribution is 2.39. The fourth-order valence-corrected chi connectivity index (χ4v) is 3.74. The van der Waals surface area contributed by atoms with E-state index in [1.165, 1.54) is 12.6 Å². The number of nitrogens with one attached hydrogen (secondary N) is 1. The van der Waals surface area contributed by atoms with E-state index in [1.807, 2.05) is 24.3 Å². The van der Waals surface area contributed by atoms with Crippen LogP contribution in [0.4, 0.5) is 0 Å². The van der Waals surface area contributed by atoms with Gasteiger partial charge in [-0.15, -0.1) is 12.4 Å². The van der Waals surface area contributed by atoms with Crippen LogP contribution in [0.3, 0.4) is 0 Å². The Balaban J connectivity index is 0.00000156. The van der Waals surface area contributed by atoms with E-state index in [0.717, 1.165) is 42.3 Å². The Bertz CT molecular complexity index is 680. The Morgan fingerprint density at radius 2 is 2.00 bits per heavy atom.